The lowest BCUT2D eigenvalue weighted by Gasteiger charge is -2.27. The molecule has 2 aliphatic heterocycles. The first-order valence-corrected chi connectivity index (χ1v) is 16.4. The molecule has 0 spiro atoms. The van der Waals surface area contributed by atoms with E-state index < -0.39 is 10.0 Å². The van der Waals surface area contributed by atoms with Gasteiger partial charge in [-0.1, -0.05) is 11.3 Å². The van der Waals surface area contributed by atoms with E-state index in [2.05, 4.69) is 4.90 Å². The molecule has 2 aromatic carbocycles. The molecular formula is C29H38N4O7S2. The minimum atomic E-state index is -3.73. The van der Waals surface area contributed by atoms with Crippen LogP contribution in [-0.4, -0.2) is 108 Å². The van der Waals surface area contributed by atoms with E-state index in [1.165, 1.54) is 27.8 Å². The van der Waals surface area contributed by atoms with E-state index >= 15 is 0 Å². The van der Waals surface area contributed by atoms with Crippen molar-refractivity contribution in [2.45, 2.75) is 30.3 Å². The third-order valence-electron chi connectivity index (χ3n) is 7.63. The monoisotopic (exact) mass is 618 g/mol. The number of likely N-dealkylation sites (N-methyl/N-ethyl adjacent to an activating group) is 1. The van der Waals surface area contributed by atoms with Gasteiger partial charge in [-0.2, -0.15) is 4.31 Å². The van der Waals surface area contributed by atoms with Crippen LogP contribution in [0.3, 0.4) is 0 Å². The smallest absolute Gasteiger partial charge is 0.260 e. The molecule has 0 saturated carbocycles. The Bertz CT molecular complexity index is 1430. The number of carbonyl (C=O) groups is 1. The van der Waals surface area contributed by atoms with Crippen LogP contribution >= 0.6 is 11.3 Å². The third kappa shape index (κ3) is 6.71. The number of carbonyl (C=O) groups excluding carboxylic acids is 1. The number of fused-ring (bicyclic) bond motifs is 1. The molecule has 0 radical (unpaired) electrons. The number of sulfonamides is 1. The number of morpholine rings is 1. The highest BCUT2D eigenvalue weighted by atomic mass is 32.2. The summed E-state index contributed by atoms with van der Waals surface area (Å²) in [6.07, 6.45) is 2.42. The first-order valence-electron chi connectivity index (χ1n) is 14.1. The molecule has 3 aromatic rings. The van der Waals surface area contributed by atoms with Crippen molar-refractivity contribution in [2.24, 2.45) is 0 Å². The largest absolute Gasteiger partial charge is 0.495 e. The van der Waals surface area contributed by atoms with Gasteiger partial charge < -0.3 is 18.9 Å². The topological polar surface area (TPSA) is 111 Å². The number of benzene rings is 2. The molecule has 2 fully saturated rings. The number of rotatable bonds is 12. The van der Waals surface area contributed by atoms with E-state index in [9.17, 15) is 13.2 Å². The van der Waals surface area contributed by atoms with Gasteiger partial charge in [0.1, 0.15) is 21.7 Å². The van der Waals surface area contributed by atoms with Crippen LogP contribution in [0, 0.1) is 0 Å². The van der Waals surface area contributed by atoms with E-state index in [-0.39, 0.29) is 16.9 Å². The Morgan fingerprint density at radius 3 is 2.45 bits per heavy atom. The molecule has 0 N–H and O–H groups in total. The number of anilines is 1. The zero-order valence-electron chi connectivity index (χ0n) is 24.3. The van der Waals surface area contributed by atoms with E-state index in [0.29, 0.717) is 60.6 Å². The average Bonchev–Trinajstić information content (AvgIpc) is 3.69. The van der Waals surface area contributed by atoms with E-state index in [1.807, 2.05) is 6.07 Å². The van der Waals surface area contributed by atoms with Crippen molar-refractivity contribution in [1.82, 2.24) is 14.2 Å². The van der Waals surface area contributed by atoms with Gasteiger partial charge in [0, 0.05) is 51.9 Å². The number of hydrogen-bond donors (Lipinski definition) is 0. The fraction of sp³-hybridized carbons (Fsp3) is 0.517. The van der Waals surface area contributed by atoms with E-state index in [1.54, 1.807) is 44.4 Å². The summed E-state index contributed by atoms with van der Waals surface area (Å²) in [5.74, 6) is 0.985. The van der Waals surface area contributed by atoms with Crippen LogP contribution in [0.4, 0.5) is 5.13 Å². The summed E-state index contributed by atoms with van der Waals surface area (Å²) in [7, 11) is 1.01. The van der Waals surface area contributed by atoms with Gasteiger partial charge in [-0.25, -0.2) is 13.4 Å². The zero-order chi connectivity index (χ0) is 29.7. The summed E-state index contributed by atoms with van der Waals surface area (Å²) < 4.78 is 50.7. The van der Waals surface area contributed by atoms with Crippen molar-refractivity contribution in [3.63, 3.8) is 0 Å². The highest BCUT2D eigenvalue weighted by molar-refractivity contribution is 7.89. The SMILES string of the molecule is COc1ccc(OC)c2sc(N(CCCN3CCOCC3)C(=O)c3ccc(S(=O)(=O)N(C)CC4CCCO4)cc3)nc12. The summed E-state index contributed by atoms with van der Waals surface area (Å²) >= 11 is 1.36. The zero-order valence-corrected chi connectivity index (χ0v) is 25.9. The number of methoxy groups -OCH3 is 2. The number of thiazole rings is 1. The van der Waals surface area contributed by atoms with Crippen molar-refractivity contribution in [2.75, 3.05) is 78.7 Å². The summed E-state index contributed by atoms with van der Waals surface area (Å²) in [4.78, 5) is 22.9. The second-order valence-corrected chi connectivity index (χ2v) is 13.4. The molecule has 11 nitrogen and oxygen atoms in total. The summed E-state index contributed by atoms with van der Waals surface area (Å²) in [6.45, 7) is 5.35. The van der Waals surface area contributed by atoms with Gasteiger partial charge >= 0.3 is 0 Å². The number of amides is 1. The molecule has 0 bridgehead atoms. The summed E-state index contributed by atoms with van der Waals surface area (Å²) in [6, 6.07) is 9.74. The van der Waals surface area contributed by atoms with Gasteiger partial charge in [-0.3, -0.25) is 14.6 Å². The van der Waals surface area contributed by atoms with Gasteiger partial charge in [-0.15, -0.1) is 0 Å². The Kier molecular flexibility index (Phi) is 9.96. The van der Waals surface area contributed by atoms with Crippen LogP contribution < -0.4 is 14.4 Å². The van der Waals surface area contributed by atoms with Gasteiger partial charge in [0.2, 0.25) is 10.0 Å². The van der Waals surface area contributed by atoms with Gasteiger partial charge in [0.15, 0.2) is 5.13 Å². The molecule has 2 saturated heterocycles. The Balaban J connectivity index is 1.39. The van der Waals surface area contributed by atoms with Gasteiger partial charge in [0.25, 0.3) is 5.91 Å². The molecule has 3 heterocycles. The second kappa shape index (κ2) is 13.7. The minimum Gasteiger partial charge on any atom is -0.495 e. The lowest BCUT2D eigenvalue weighted by atomic mass is 10.2. The first kappa shape index (κ1) is 30.6. The highest BCUT2D eigenvalue weighted by Crippen LogP contribution is 2.40. The lowest BCUT2D eigenvalue weighted by Crippen LogP contribution is -2.39. The van der Waals surface area contributed by atoms with Crippen molar-refractivity contribution in [1.29, 1.82) is 0 Å². The third-order valence-corrected chi connectivity index (χ3v) is 10.6. The van der Waals surface area contributed by atoms with Crippen molar-refractivity contribution < 1.29 is 32.2 Å². The maximum absolute atomic E-state index is 14.0. The summed E-state index contributed by atoms with van der Waals surface area (Å²) in [5.41, 5.74) is 0.999. The van der Waals surface area contributed by atoms with Crippen molar-refractivity contribution in [3.8, 4) is 11.5 Å². The molecule has 5 rings (SSSR count). The van der Waals surface area contributed by atoms with Crippen LogP contribution in [0.5, 0.6) is 11.5 Å². The normalized spacial score (nSPS) is 18.0. The van der Waals surface area contributed by atoms with E-state index in [0.717, 1.165) is 43.6 Å². The van der Waals surface area contributed by atoms with Crippen molar-refractivity contribution >= 4 is 42.6 Å². The molecule has 2 aliphatic rings. The lowest BCUT2D eigenvalue weighted by molar-refractivity contribution is 0.0376. The fourth-order valence-corrected chi connectivity index (χ4v) is 7.53. The molecule has 1 unspecified atom stereocenters. The molecular weight excluding hydrogens is 580 g/mol. The van der Waals surface area contributed by atoms with Crippen molar-refractivity contribution in [3.05, 3.63) is 42.0 Å². The maximum atomic E-state index is 14.0. The van der Waals surface area contributed by atoms with E-state index in [4.69, 9.17) is 23.9 Å². The number of aromatic nitrogens is 1. The molecule has 13 heteroatoms. The predicted octanol–water partition coefficient (Wildman–Crippen LogP) is 3.48. The van der Waals surface area contributed by atoms with Crippen LogP contribution in [0.1, 0.15) is 29.6 Å². The molecule has 1 amide bonds. The standard InChI is InChI=1S/C29H38N4O7S2/c1-31(20-22-6-4-17-40-22)42(35,36)23-9-7-21(8-10-23)28(34)33(14-5-13-32-15-18-39-19-16-32)29-30-26-24(37-2)11-12-25(38-3)27(26)41-29/h7-12,22H,4-6,13-20H2,1-3H3. The average molecular weight is 619 g/mol. The predicted molar refractivity (Wildman–Crippen MR) is 162 cm³/mol. The Hall–Kier alpha value is -2.81. The highest BCUT2D eigenvalue weighted by Gasteiger charge is 2.28. The molecule has 42 heavy (non-hydrogen) atoms. The van der Waals surface area contributed by atoms with Gasteiger partial charge in [-0.05, 0) is 55.7 Å². The summed E-state index contributed by atoms with van der Waals surface area (Å²) in [5, 5.41) is 0.521. The van der Waals surface area contributed by atoms with Gasteiger partial charge in [0.05, 0.1) is 38.4 Å². The number of nitrogens with zero attached hydrogens (tertiary/aromatic N) is 4. The number of hydrogen-bond acceptors (Lipinski definition) is 10. The number of ether oxygens (including phenoxy) is 4. The fourth-order valence-electron chi connectivity index (χ4n) is 5.23. The molecule has 228 valence electrons. The minimum absolute atomic E-state index is 0.0947. The van der Waals surface area contributed by atoms with Crippen LogP contribution in [0.25, 0.3) is 10.2 Å². The molecule has 1 atom stereocenters. The molecule has 1 aromatic heterocycles. The van der Waals surface area contributed by atoms with Crippen LogP contribution in [0.15, 0.2) is 41.3 Å². The van der Waals surface area contributed by atoms with Crippen LogP contribution in [-0.2, 0) is 19.5 Å². The molecule has 0 aliphatic carbocycles. The van der Waals surface area contributed by atoms with Crippen LogP contribution in [0.2, 0.25) is 0 Å². The first-order chi connectivity index (χ1) is 20.3. The Morgan fingerprint density at radius 1 is 1.07 bits per heavy atom. The quantitative estimate of drug-likeness (QED) is 0.301. The Morgan fingerprint density at radius 2 is 1.79 bits per heavy atom. The Labute approximate surface area is 251 Å². The second-order valence-electron chi connectivity index (χ2n) is 10.4. The maximum Gasteiger partial charge on any atom is 0.260 e.